The number of amides is 1. The van der Waals surface area contributed by atoms with Gasteiger partial charge in [-0.2, -0.15) is 0 Å². The molecule has 0 saturated heterocycles. The molecule has 17 heavy (non-hydrogen) atoms. The van der Waals surface area contributed by atoms with Crippen molar-refractivity contribution in [3.63, 3.8) is 0 Å². The molecule has 5 heteroatoms. The van der Waals surface area contributed by atoms with Gasteiger partial charge in [0.15, 0.2) is 0 Å². The van der Waals surface area contributed by atoms with Crippen LogP contribution in [0.5, 0.6) is 0 Å². The van der Waals surface area contributed by atoms with Crippen LogP contribution in [0.25, 0.3) is 0 Å². The smallest absolute Gasteiger partial charge is 0.225 e. The normalized spacial score (nSPS) is 18.4. The molecule has 0 bridgehead atoms. The third-order valence-electron chi connectivity index (χ3n) is 2.67. The molecule has 1 unspecified atom stereocenters. The van der Waals surface area contributed by atoms with Gasteiger partial charge in [-0.05, 0) is 18.8 Å². The number of carbonyl (C=O) groups is 1. The van der Waals surface area contributed by atoms with Crippen LogP contribution in [0.3, 0.4) is 0 Å². The van der Waals surface area contributed by atoms with Crippen molar-refractivity contribution in [2.75, 3.05) is 5.32 Å². The molecule has 1 aliphatic rings. The molecule has 1 aromatic heterocycles. The van der Waals surface area contributed by atoms with E-state index in [9.17, 15) is 4.79 Å². The summed E-state index contributed by atoms with van der Waals surface area (Å²) in [6, 6.07) is 0. The SMILES string of the molecule is O=C(CC1C=CCC1)Nc1cncc(Cl)c1Cl. The van der Waals surface area contributed by atoms with E-state index in [-0.39, 0.29) is 5.91 Å². The van der Waals surface area contributed by atoms with Gasteiger partial charge in [-0.25, -0.2) is 0 Å². The van der Waals surface area contributed by atoms with E-state index in [0.717, 1.165) is 12.8 Å². The van der Waals surface area contributed by atoms with Crippen molar-refractivity contribution in [2.24, 2.45) is 5.92 Å². The molecule has 0 radical (unpaired) electrons. The van der Waals surface area contributed by atoms with Crippen molar-refractivity contribution in [1.82, 2.24) is 4.98 Å². The van der Waals surface area contributed by atoms with Crippen LogP contribution in [0.1, 0.15) is 19.3 Å². The zero-order valence-electron chi connectivity index (χ0n) is 9.12. The number of anilines is 1. The van der Waals surface area contributed by atoms with Crippen molar-refractivity contribution in [1.29, 1.82) is 0 Å². The number of hydrogen-bond donors (Lipinski definition) is 1. The van der Waals surface area contributed by atoms with Gasteiger partial charge in [-0.15, -0.1) is 0 Å². The molecule has 0 saturated carbocycles. The molecule has 1 heterocycles. The van der Waals surface area contributed by atoms with E-state index in [4.69, 9.17) is 23.2 Å². The molecule has 0 aliphatic heterocycles. The molecule has 1 aliphatic carbocycles. The minimum atomic E-state index is -0.0625. The lowest BCUT2D eigenvalue weighted by molar-refractivity contribution is -0.116. The molecular formula is C12H12Cl2N2O. The molecule has 1 aromatic rings. The van der Waals surface area contributed by atoms with Crippen molar-refractivity contribution in [2.45, 2.75) is 19.3 Å². The Labute approximate surface area is 110 Å². The van der Waals surface area contributed by atoms with Crippen molar-refractivity contribution in [3.8, 4) is 0 Å². The topological polar surface area (TPSA) is 42.0 Å². The number of nitrogens with zero attached hydrogens (tertiary/aromatic N) is 1. The highest BCUT2D eigenvalue weighted by atomic mass is 35.5. The van der Waals surface area contributed by atoms with Gasteiger partial charge in [0.05, 0.1) is 21.9 Å². The first-order valence-corrected chi connectivity index (χ1v) is 6.18. The van der Waals surface area contributed by atoms with Gasteiger partial charge >= 0.3 is 0 Å². The Balaban J connectivity index is 1.98. The molecule has 0 fully saturated rings. The van der Waals surface area contributed by atoms with Gasteiger partial charge in [0.1, 0.15) is 0 Å². The van der Waals surface area contributed by atoms with E-state index in [1.54, 1.807) is 0 Å². The summed E-state index contributed by atoms with van der Waals surface area (Å²) in [6.45, 7) is 0. The predicted molar refractivity (Wildman–Crippen MR) is 69.4 cm³/mol. The Morgan fingerprint density at radius 3 is 3.00 bits per heavy atom. The average Bonchev–Trinajstić information content (AvgIpc) is 2.77. The first kappa shape index (κ1) is 12.4. The standard InChI is InChI=1S/C12H12Cl2N2O/c13-9-6-15-7-10(12(9)14)16-11(17)5-8-3-1-2-4-8/h1,3,6-8H,2,4-5H2,(H,16,17). The third kappa shape index (κ3) is 3.20. The van der Waals surface area contributed by atoms with Crippen LogP contribution < -0.4 is 5.32 Å². The lowest BCUT2D eigenvalue weighted by atomic mass is 10.1. The van der Waals surface area contributed by atoms with Gasteiger partial charge < -0.3 is 5.32 Å². The summed E-state index contributed by atoms with van der Waals surface area (Å²) in [5.74, 6) is 0.272. The fraction of sp³-hybridized carbons (Fsp3) is 0.333. The number of nitrogens with one attached hydrogen (secondary N) is 1. The summed E-state index contributed by atoms with van der Waals surface area (Å²) in [6.07, 6.45) is 9.69. The molecule has 0 aromatic carbocycles. The second kappa shape index (κ2) is 5.52. The van der Waals surface area contributed by atoms with E-state index < -0.39 is 0 Å². The third-order valence-corrected chi connectivity index (χ3v) is 3.46. The molecule has 1 N–H and O–H groups in total. The summed E-state index contributed by atoms with van der Waals surface area (Å²) in [7, 11) is 0. The van der Waals surface area contributed by atoms with E-state index in [1.807, 2.05) is 0 Å². The van der Waals surface area contributed by atoms with Crippen LogP contribution in [0.2, 0.25) is 10.0 Å². The minimum Gasteiger partial charge on any atom is -0.323 e. The summed E-state index contributed by atoms with van der Waals surface area (Å²) in [5.41, 5.74) is 0.464. The maximum absolute atomic E-state index is 11.8. The van der Waals surface area contributed by atoms with Crippen LogP contribution in [-0.4, -0.2) is 10.9 Å². The Morgan fingerprint density at radius 2 is 2.29 bits per heavy atom. The summed E-state index contributed by atoms with van der Waals surface area (Å²) < 4.78 is 0. The number of carbonyl (C=O) groups excluding carboxylic acids is 1. The lowest BCUT2D eigenvalue weighted by Crippen LogP contribution is -2.15. The largest absolute Gasteiger partial charge is 0.323 e. The molecule has 2 rings (SSSR count). The van der Waals surface area contributed by atoms with E-state index in [0.29, 0.717) is 28.1 Å². The van der Waals surface area contributed by atoms with Gasteiger partial charge in [0.25, 0.3) is 0 Å². The number of rotatable bonds is 3. The van der Waals surface area contributed by atoms with Gasteiger partial charge in [-0.1, -0.05) is 35.4 Å². The number of halogens is 2. The maximum Gasteiger partial charge on any atom is 0.225 e. The van der Waals surface area contributed by atoms with Gasteiger partial charge in [0.2, 0.25) is 5.91 Å². The summed E-state index contributed by atoms with van der Waals surface area (Å²) in [5, 5.41) is 3.39. The quantitative estimate of drug-likeness (QED) is 0.852. The second-order valence-corrected chi connectivity index (χ2v) is 4.79. The van der Waals surface area contributed by atoms with Crippen LogP contribution in [0.4, 0.5) is 5.69 Å². The Hall–Kier alpha value is -1.06. The van der Waals surface area contributed by atoms with E-state index in [1.165, 1.54) is 12.4 Å². The van der Waals surface area contributed by atoms with Crippen molar-refractivity contribution < 1.29 is 4.79 Å². The first-order valence-electron chi connectivity index (χ1n) is 5.42. The minimum absolute atomic E-state index is 0.0625. The highest BCUT2D eigenvalue weighted by Gasteiger charge is 2.15. The van der Waals surface area contributed by atoms with Gasteiger partial charge in [0, 0.05) is 12.6 Å². The molecule has 0 spiro atoms. The predicted octanol–water partition coefficient (Wildman–Crippen LogP) is 3.68. The Morgan fingerprint density at radius 1 is 1.47 bits per heavy atom. The molecule has 3 nitrogen and oxygen atoms in total. The van der Waals surface area contributed by atoms with Crippen LogP contribution in [0, 0.1) is 5.92 Å². The van der Waals surface area contributed by atoms with Crippen LogP contribution in [-0.2, 0) is 4.79 Å². The fourth-order valence-corrected chi connectivity index (χ4v) is 2.11. The number of allylic oxidation sites excluding steroid dienone is 2. The molecule has 1 atom stereocenters. The Kier molecular flexibility index (Phi) is 4.02. The number of hydrogen-bond acceptors (Lipinski definition) is 2. The number of aromatic nitrogens is 1. The van der Waals surface area contributed by atoms with Crippen molar-refractivity contribution in [3.05, 3.63) is 34.6 Å². The first-order chi connectivity index (χ1) is 8.16. The molecule has 90 valence electrons. The monoisotopic (exact) mass is 270 g/mol. The second-order valence-electron chi connectivity index (χ2n) is 4.00. The zero-order chi connectivity index (χ0) is 12.3. The lowest BCUT2D eigenvalue weighted by Gasteiger charge is -2.10. The fourth-order valence-electron chi connectivity index (χ4n) is 1.81. The van der Waals surface area contributed by atoms with E-state index >= 15 is 0 Å². The van der Waals surface area contributed by atoms with Crippen LogP contribution >= 0.6 is 23.2 Å². The summed E-state index contributed by atoms with van der Waals surface area (Å²) >= 11 is 11.8. The zero-order valence-corrected chi connectivity index (χ0v) is 10.6. The highest BCUT2D eigenvalue weighted by Crippen LogP contribution is 2.29. The highest BCUT2D eigenvalue weighted by molar-refractivity contribution is 6.43. The summed E-state index contributed by atoms with van der Waals surface area (Å²) in [4.78, 5) is 15.6. The van der Waals surface area contributed by atoms with Gasteiger partial charge in [-0.3, -0.25) is 9.78 Å². The maximum atomic E-state index is 11.8. The molecule has 1 amide bonds. The Bertz CT molecular complexity index is 460. The number of pyridine rings is 1. The van der Waals surface area contributed by atoms with Crippen LogP contribution in [0.15, 0.2) is 24.5 Å². The molecular weight excluding hydrogens is 259 g/mol. The van der Waals surface area contributed by atoms with Crippen molar-refractivity contribution >= 4 is 34.8 Å². The van der Waals surface area contributed by atoms with E-state index in [2.05, 4.69) is 22.5 Å². The average molecular weight is 271 g/mol.